The van der Waals surface area contributed by atoms with Crippen molar-refractivity contribution >= 4 is 11.9 Å². The molecule has 0 atom stereocenters. The normalized spacial score (nSPS) is 16.5. The molecular formula is C21H32N2O3. The third-order valence-electron chi connectivity index (χ3n) is 4.57. The first-order valence-corrected chi connectivity index (χ1v) is 9.49. The van der Waals surface area contributed by atoms with Gasteiger partial charge in [-0.2, -0.15) is 0 Å². The van der Waals surface area contributed by atoms with Crippen molar-refractivity contribution in [1.82, 2.24) is 10.2 Å². The summed E-state index contributed by atoms with van der Waals surface area (Å²) in [5.41, 5.74) is 1.53. The SMILES string of the molecule is CC(C)c1ccc(C(=O)CN2CCC(NC(=O)OC(C)(C)C)CC2)cc1. The van der Waals surface area contributed by atoms with E-state index in [0.29, 0.717) is 12.5 Å². The number of likely N-dealkylation sites (tertiary alicyclic amines) is 1. The summed E-state index contributed by atoms with van der Waals surface area (Å²) in [6.45, 7) is 11.9. The van der Waals surface area contributed by atoms with Crippen molar-refractivity contribution in [3.05, 3.63) is 35.4 Å². The molecule has 5 nitrogen and oxygen atoms in total. The Morgan fingerprint density at radius 3 is 2.23 bits per heavy atom. The third kappa shape index (κ3) is 6.45. The summed E-state index contributed by atoms with van der Waals surface area (Å²) in [5, 5.41) is 2.92. The molecule has 1 heterocycles. The van der Waals surface area contributed by atoms with E-state index in [1.165, 1.54) is 5.56 Å². The van der Waals surface area contributed by atoms with Crippen molar-refractivity contribution < 1.29 is 14.3 Å². The molecule has 0 saturated carbocycles. The number of ether oxygens (including phenoxy) is 1. The van der Waals surface area contributed by atoms with Crippen LogP contribution in [0.25, 0.3) is 0 Å². The Labute approximate surface area is 157 Å². The van der Waals surface area contributed by atoms with Crippen LogP contribution in [0.5, 0.6) is 0 Å². The molecular weight excluding hydrogens is 328 g/mol. The number of ketones is 1. The fourth-order valence-electron chi connectivity index (χ4n) is 3.06. The molecule has 1 N–H and O–H groups in total. The predicted octanol–water partition coefficient (Wildman–Crippen LogP) is 3.98. The number of carbonyl (C=O) groups excluding carboxylic acids is 2. The number of carbonyl (C=O) groups is 2. The molecule has 1 aliphatic rings. The van der Waals surface area contributed by atoms with E-state index in [1.807, 2.05) is 45.0 Å². The number of Topliss-reactive ketones (excluding diaryl/α,β-unsaturated/α-hetero) is 1. The second kappa shape index (κ2) is 8.67. The van der Waals surface area contributed by atoms with Crippen LogP contribution in [0.1, 0.15) is 69.3 Å². The molecule has 0 bridgehead atoms. The molecule has 144 valence electrons. The highest BCUT2D eigenvalue weighted by atomic mass is 16.6. The van der Waals surface area contributed by atoms with Gasteiger partial charge in [-0.05, 0) is 45.1 Å². The van der Waals surface area contributed by atoms with Gasteiger partial charge in [0.25, 0.3) is 0 Å². The van der Waals surface area contributed by atoms with Gasteiger partial charge in [0, 0.05) is 24.7 Å². The first-order valence-electron chi connectivity index (χ1n) is 9.49. The molecule has 0 aromatic heterocycles. The topological polar surface area (TPSA) is 58.6 Å². The molecule has 26 heavy (non-hydrogen) atoms. The second-order valence-electron chi connectivity index (χ2n) is 8.40. The number of hydrogen-bond acceptors (Lipinski definition) is 4. The van der Waals surface area contributed by atoms with E-state index in [9.17, 15) is 9.59 Å². The quantitative estimate of drug-likeness (QED) is 0.807. The average Bonchev–Trinajstić information content (AvgIpc) is 2.55. The van der Waals surface area contributed by atoms with E-state index in [1.54, 1.807) is 0 Å². The predicted molar refractivity (Wildman–Crippen MR) is 104 cm³/mol. The molecule has 0 spiro atoms. The number of piperidine rings is 1. The monoisotopic (exact) mass is 360 g/mol. The van der Waals surface area contributed by atoms with E-state index in [2.05, 4.69) is 24.1 Å². The summed E-state index contributed by atoms with van der Waals surface area (Å²) < 4.78 is 5.30. The van der Waals surface area contributed by atoms with Crippen LogP contribution in [-0.2, 0) is 4.74 Å². The zero-order valence-corrected chi connectivity index (χ0v) is 16.7. The summed E-state index contributed by atoms with van der Waals surface area (Å²) in [5.74, 6) is 0.620. The minimum Gasteiger partial charge on any atom is -0.444 e. The Balaban J connectivity index is 1.77. The average molecular weight is 360 g/mol. The van der Waals surface area contributed by atoms with Gasteiger partial charge in [0.05, 0.1) is 6.54 Å². The van der Waals surface area contributed by atoms with Crippen LogP contribution in [-0.4, -0.2) is 48.1 Å². The summed E-state index contributed by atoms with van der Waals surface area (Å²) in [6, 6.07) is 8.04. The summed E-state index contributed by atoms with van der Waals surface area (Å²) in [4.78, 5) is 26.5. The van der Waals surface area contributed by atoms with Gasteiger partial charge in [-0.1, -0.05) is 38.1 Å². The van der Waals surface area contributed by atoms with Crippen molar-refractivity contribution in [2.24, 2.45) is 0 Å². The summed E-state index contributed by atoms with van der Waals surface area (Å²) in [6.07, 6.45) is 1.30. The van der Waals surface area contributed by atoms with Crippen LogP contribution in [0.4, 0.5) is 4.79 Å². The van der Waals surface area contributed by atoms with Crippen molar-refractivity contribution in [3.8, 4) is 0 Å². The van der Waals surface area contributed by atoms with Crippen LogP contribution >= 0.6 is 0 Å². The summed E-state index contributed by atoms with van der Waals surface area (Å²) >= 11 is 0. The maximum atomic E-state index is 12.5. The van der Waals surface area contributed by atoms with E-state index in [0.717, 1.165) is 31.5 Å². The van der Waals surface area contributed by atoms with Gasteiger partial charge in [-0.15, -0.1) is 0 Å². The molecule has 1 saturated heterocycles. The zero-order valence-electron chi connectivity index (χ0n) is 16.7. The second-order valence-corrected chi connectivity index (χ2v) is 8.40. The molecule has 0 radical (unpaired) electrons. The van der Waals surface area contributed by atoms with Gasteiger partial charge >= 0.3 is 6.09 Å². The van der Waals surface area contributed by atoms with Crippen LogP contribution in [0.3, 0.4) is 0 Å². The number of nitrogens with one attached hydrogen (secondary N) is 1. The maximum Gasteiger partial charge on any atom is 0.407 e. The van der Waals surface area contributed by atoms with Crippen molar-refractivity contribution in [1.29, 1.82) is 0 Å². The van der Waals surface area contributed by atoms with Gasteiger partial charge < -0.3 is 10.1 Å². The zero-order chi connectivity index (χ0) is 19.3. The van der Waals surface area contributed by atoms with Crippen LogP contribution in [0.2, 0.25) is 0 Å². The van der Waals surface area contributed by atoms with Gasteiger partial charge in [0.15, 0.2) is 5.78 Å². The Bertz CT molecular complexity index is 609. The minimum atomic E-state index is -0.484. The molecule has 1 aromatic rings. The highest BCUT2D eigenvalue weighted by Crippen LogP contribution is 2.16. The Kier molecular flexibility index (Phi) is 6.81. The molecule has 1 aliphatic heterocycles. The number of benzene rings is 1. The molecule has 1 fully saturated rings. The molecule has 0 unspecified atom stereocenters. The van der Waals surface area contributed by atoms with Gasteiger partial charge in [0.2, 0.25) is 0 Å². The van der Waals surface area contributed by atoms with Crippen molar-refractivity contribution in [2.45, 2.75) is 65.0 Å². The smallest absolute Gasteiger partial charge is 0.407 e. The number of amides is 1. The van der Waals surface area contributed by atoms with Crippen molar-refractivity contribution in [2.75, 3.05) is 19.6 Å². The lowest BCUT2D eigenvalue weighted by Gasteiger charge is -2.32. The van der Waals surface area contributed by atoms with Crippen LogP contribution in [0, 0.1) is 0 Å². The highest BCUT2D eigenvalue weighted by Gasteiger charge is 2.24. The first kappa shape index (κ1) is 20.4. The fraction of sp³-hybridized carbons (Fsp3) is 0.619. The number of nitrogens with zero attached hydrogens (tertiary/aromatic N) is 1. The van der Waals surface area contributed by atoms with Gasteiger partial charge in [0.1, 0.15) is 5.60 Å². The third-order valence-corrected chi connectivity index (χ3v) is 4.57. The van der Waals surface area contributed by atoms with E-state index in [4.69, 9.17) is 4.74 Å². The van der Waals surface area contributed by atoms with Crippen LogP contribution < -0.4 is 5.32 Å². The maximum absolute atomic E-state index is 12.5. The number of rotatable bonds is 5. The Morgan fingerprint density at radius 2 is 1.73 bits per heavy atom. The fourth-order valence-corrected chi connectivity index (χ4v) is 3.06. The lowest BCUT2D eigenvalue weighted by atomic mass is 10.00. The molecule has 5 heteroatoms. The Morgan fingerprint density at radius 1 is 1.15 bits per heavy atom. The largest absolute Gasteiger partial charge is 0.444 e. The molecule has 2 rings (SSSR count). The van der Waals surface area contributed by atoms with Gasteiger partial charge in [-0.25, -0.2) is 4.79 Å². The molecule has 1 amide bonds. The molecule has 1 aromatic carbocycles. The number of alkyl carbamates (subject to hydrolysis) is 1. The standard InChI is InChI=1S/C21H32N2O3/c1-15(2)16-6-8-17(9-7-16)19(24)14-23-12-10-18(11-13-23)22-20(25)26-21(3,4)5/h6-9,15,18H,10-14H2,1-5H3,(H,22,25). The summed E-state index contributed by atoms with van der Waals surface area (Å²) in [7, 11) is 0. The lowest BCUT2D eigenvalue weighted by Crippen LogP contribution is -2.47. The van der Waals surface area contributed by atoms with Crippen molar-refractivity contribution in [3.63, 3.8) is 0 Å². The highest BCUT2D eigenvalue weighted by molar-refractivity contribution is 5.97. The first-order chi connectivity index (χ1) is 12.1. The minimum absolute atomic E-state index is 0.113. The van der Waals surface area contributed by atoms with E-state index in [-0.39, 0.29) is 17.9 Å². The number of hydrogen-bond donors (Lipinski definition) is 1. The molecule has 0 aliphatic carbocycles. The lowest BCUT2D eigenvalue weighted by molar-refractivity contribution is 0.0476. The van der Waals surface area contributed by atoms with E-state index < -0.39 is 5.60 Å². The van der Waals surface area contributed by atoms with Crippen LogP contribution in [0.15, 0.2) is 24.3 Å². The van der Waals surface area contributed by atoms with E-state index >= 15 is 0 Å². The Hall–Kier alpha value is -1.88. The van der Waals surface area contributed by atoms with Gasteiger partial charge in [-0.3, -0.25) is 9.69 Å².